The molecule has 0 bridgehead atoms. The molecule has 0 saturated heterocycles. The minimum atomic E-state index is -0.614. The van der Waals surface area contributed by atoms with Gasteiger partial charge in [-0.05, 0) is 31.2 Å². The predicted molar refractivity (Wildman–Crippen MR) is 87.6 cm³/mol. The van der Waals surface area contributed by atoms with Crippen LogP contribution in [0.4, 0.5) is 5.69 Å². The average Bonchev–Trinajstić information content (AvgIpc) is 3.13. The van der Waals surface area contributed by atoms with E-state index in [1.165, 1.54) is 6.26 Å². The number of para-hydroxylation sites is 1. The molecule has 0 radical (unpaired) electrons. The van der Waals surface area contributed by atoms with Crippen molar-refractivity contribution >= 4 is 17.6 Å². The number of aliphatic hydroxyl groups excluding tert-OH is 1. The molecule has 1 aromatic carbocycles. The number of carbonyl (C=O) groups excluding carboxylic acids is 2. The van der Waals surface area contributed by atoms with E-state index >= 15 is 0 Å². The number of esters is 1. The van der Waals surface area contributed by atoms with Crippen LogP contribution < -0.4 is 10.6 Å². The molecule has 7 heteroatoms. The van der Waals surface area contributed by atoms with Gasteiger partial charge in [0, 0.05) is 12.2 Å². The molecule has 2 rings (SSSR count). The Morgan fingerprint density at radius 2 is 2.04 bits per heavy atom. The van der Waals surface area contributed by atoms with Gasteiger partial charge in [0.1, 0.15) is 5.76 Å². The average molecular weight is 332 g/mol. The van der Waals surface area contributed by atoms with Crippen LogP contribution >= 0.6 is 0 Å². The molecule has 0 aliphatic carbocycles. The van der Waals surface area contributed by atoms with E-state index in [0.717, 1.165) is 0 Å². The Kier molecular flexibility index (Phi) is 6.39. The number of anilines is 1. The predicted octanol–water partition coefficient (Wildman–Crippen LogP) is 1.72. The Labute approximate surface area is 139 Å². The molecular formula is C17H20N2O5. The summed E-state index contributed by atoms with van der Waals surface area (Å²) in [4.78, 5) is 24.0. The molecule has 1 aromatic heterocycles. The van der Waals surface area contributed by atoms with Gasteiger partial charge in [0.15, 0.2) is 6.61 Å². The fourth-order valence-corrected chi connectivity index (χ4v) is 2.11. The summed E-state index contributed by atoms with van der Waals surface area (Å²) in [6.45, 7) is 1.63. The first-order valence-corrected chi connectivity index (χ1v) is 7.55. The van der Waals surface area contributed by atoms with Crippen molar-refractivity contribution in [2.75, 3.05) is 25.1 Å². The highest BCUT2D eigenvalue weighted by molar-refractivity contribution is 5.96. The first-order valence-electron chi connectivity index (χ1n) is 7.55. The molecule has 0 spiro atoms. The standard InChI is InChI=1S/C17H20N2O5/c1-12(15-7-4-10-23-15)19-16(21)11-24-17(22)13-5-2-3-6-14(13)18-8-9-20/h2-7,10,12,18,20H,8-9,11H2,1H3,(H,19,21)/t12-/m1/s1. The Morgan fingerprint density at radius 1 is 1.25 bits per heavy atom. The van der Waals surface area contributed by atoms with Gasteiger partial charge in [0.25, 0.3) is 5.91 Å². The van der Waals surface area contributed by atoms with Crippen molar-refractivity contribution in [3.63, 3.8) is 0 Å². The van der Waals surface area contributed by atoms with E-state index in [1.54, 1.807) is 43.3 Å². The smallest absolute Gasteiger partial charge is 0.340 e. The zero-order chi connectivity index (χ0) is 17.4. The topological polar surface area (TPSA) is 101 Å². The third-order valence-corrected chi connectivity index (χ3v) is 3.26. The van der Waals surface area contributed by atoms with Gasteiger partial charge in [-0.2, -0.15) is 0 Å². The largest absolute Gasteiger partial charge is 0.467 e. The maximum absolute atomic E-state index is 12.1. The number of hydrogen-bond acceptors (Lipinski definition) is 6. The number of carbonyl (C=O) groups is 2. The summed E-state index contributed by atoms with van der Waals surface area (Å²) < 4.78 is 10.2. The molecule has 128 valence electrons. The summed E-state index contributed by atoms with van der Waals surface area (Å²) in [5.41, 5.74) is 0.846. The van der Waals surface area contributed by atoms with E-state index in [4.69, 9.17) is 14.3 Å². The van der Waals surface area contributed by atoms with E-state index in [0.29, 0.717) is 23.6 Å². The van der Waals surface area contributed by atoms with Crippen LogP contribution in [-0.4, -0.2) is 36.7 Å². The van der Waals surface area contributed by atoms with E-state index in [1.807, 2.05) is 0 Å². The first kappa shape index (κ1) is 17.6. The Bertz CT molecular complexity index is 669. The Morgan fingerprint density at radius 3 is 2.75 bits per heavy atom. The number of furan rings is 1. The first-order chi connectivity index (χ1) is 11.6. The normalized spacial score (nSPS) is 11.6. The lowest BCUT2D eigenvalue weighted by atomic mass is 10.2. The second kappa shape index (κ2) is 8.73. The monoisotopic (exact) mass is 332 g/mol. The van der Waals surface area contributed by atoms with Crippen LogP contribution in [0, 0.1) is 0 Å². The quantitative estimate of drug-likeness (QED) is 0.636. The number of benzene rings is 1. The van der Waals surface area contributed by atoms with Gasteiger partial charge < -0.3 is 24.9 Å². The molecule has 7 nitrogen and oxygen atoms in total. The molecule has 1 atom stereocenters. The van der Waals surface area contributed by atoms with Crippen LogP contribution in [0.15, 0.2) is 47.1 Å². The maximum atomic E-state index is 12.1. The second-order valence-electron chi connectivity index (χ2n) is 5.08. The summed E-state index contributed by atoms with van der Waals surface area (Å²) in [5, 5.41) is 14.5. The Balaban J connectivity index is 1.87. The summed E-state index contributed by atoms with van der Waals surface area (Å²) in [6.07, 6.45) is 1.52. The van der Waals surface area contributed by atoms with Crippen LogP contribution in [0.2, 0.25) is 0 Å². The van der Waals surface area contributed by atoms with E-state index in [9.17, 15) is 9.59 Å². The van der Waals surface area contributed by atoms with Crippen LogP contribution in [0.1, 0.15) is 29.1 Å². The van der Waals surface area contributed by atoms with Crippen LogP contribution in [0.25, 0.3) is 0 Å². The summed E-state index contributed by atoms with van der Waals surface area (Å²) in [5.74, 6) is -0.418. The Hall–Kier alpha value is -2.80. The molecule has 0 unspecified atom stereocenters. The van der Waals surface area contributed by atoms with Gasteiger partial charge >= 0.3 is 5.97 Å². The van der Waals surface area contributed by atoms with Crippen LogP contribution in [0.5, 0.6) is 0 Å². The third kappa shape index (κ3) is 4.85. The van der Waals surface area contributed by atoms with E-state index in [2.05, 4.69) is 10.6 Å². The van der Waals surface area contributed by atoms with Crippen molar-refractivity contribution in [2.24, 2.45) is 0 Å². The van der Waals surface area contributed by atoms with Gasteiger partial charge in [0.05, 0.1) is 24.5 Å². The minimum Gasteiger partial charge on any atom is -0.467 e. The SMILES string of the molecule is C[C@@H](NC(=O)COC(=O)c1ccccc1NCCO)c1ccco1. The molecule has 0 fully saturated rings. The number of aliphatic hydroxyl groups is 1. The zero-order valence-electron chi connectivity index (χ0n) is 13.3. The number of hydrogen-bond donors (Lipinski definition) is 3. The third-order valence-electron chi connectivity index (χ3n) is 3.26. The minimum absolute atomic E-state index is 0.0591. The summed E-state index contributed by atoms with van der Waals surface area (Å²) in [6, 6.07) is 9.91. The molecule has 3 N–H and O–H groups in total. The van der Waals surface area contributed by atoms with Crippen molar-refractivity contribution in [1.29, 1.82) is 0 Å². The number of ether oxygens (including phenoxy) is 1. The molecule has 24 heavy (non-hydrogen) atoms. The molecule has 0 saturated carbocycles. The van der Waals surface area contributed by atoms with Crippen molar-refractivity contribution in [1.82, 2.24) is 5.32 Å². The van der Waals surface area contributed by atoms with Crippen molar-refractivity contribution in [3.05, 3.63) is 54.0 Å². The van der Waals surface area contributed by atoms with Gasteiger partial charge in [-0.3, -0.25) is 4.79 Å². The number of nitrogens with one attached hydrogen (secondary N) is 2. The van der Waals surface area contributed by atoms with Gasteiger partial charge in [-0.25, -0.2) is 4.79 Å². The summed E-state index contributed by atoms with van der Waals surface area (Å²) in [7, 11) is 0. The van der Waals surface area contributed by atoms with Crippen molar-refractivity contribution < 1.29 is 23.8 Å². The molecule has 0 aliphatic rings. The molecule has 2 aromatic rings. The van der Waals surface area contributed by atoms with E-state index < -0.39 is 18.5 Å². The molecular weight excluding hydrogens is 312 g/mol. The van der Waals surface area contributed by atoms with E-state index in [-0.39, 0.29) is 12.6 Å². The lowest BCUT2D eigenvalue weighted by molar-refractivity contribution is -0.125. The second-order valence-corrected chi connectivity index (χ2v) is 5.08. The van der Waals surface area contributed by atoms with Crippen molar-refractivity contribution in [2.45, 2.75) is 13.0 Å². The lowest BCUT2D eigenvalue weighted by Gasteiger charge is -2.13. The highest BCUT2D eigenvalue weighted by atomic mass is 16.5. The maximum Gasteiger partial charge on any atom is 0.340 e. The number of amides is 1. The van der Waals surface area contributed by atoms with Gasteiger partial charge in [0.2, 0.25) is 0 Å². The van der Waals surface area contributed by atoms with Gasteiger partial charge in [-0.15, -0.1) is 0 Å². The molecule has 1 heterocycles. The molecule has 1 amide bonds. The van der Waals surface area contributed by atoms with Crippen LogP contribution in [0.3, 0.4) is 0 Å². The van der Waals surface area contributed by atoms with Crippen LogP contribution in [-0.2, 0) is 9.53 Å². The van der Waals surface area contributed by atoms with Crippen molar-refractivity contribution in [3.8, 4) is 0 Å². The highest BCUT2D eigenvalue weighted by Crippen LogP contribution is 2.16. The lowest BCUT2D eigenvalue weighted by Crippen LogP contribution is -2.31. The highest BCUT2D eigenvalue weighted by Gasteiger charge is 2.16. The number of rotatable bonds is 8. The zero-order valence-corrected chi connectivity index (χ0v) is 13.3. The fourth-order valence-electron chi connectivity index (χ4n) is 2.11. The fraction of sp³-hybridized carbons (Fsp3) is 0.294. The molecule has 0 aliphatic heterocycles. The van der Waals surface area contributed by atoms with Gasteiger partial charge in [-0.1, -0.05) is 12.1 Å². The summed E-state index contributed by atoms with van der Waals surface area (Å²) >= 11 is 0.